The van der Waals surface area contributed by atoms with Crippen molar-refractivity contribution in [2.45, 2.75) is 20.4 Å². The molecule has 1 heterocycles. The van der Waals surface area contributed by atoms with Crippen LogP contribution in [-0.4, -0.2) is 9.97 Å². The summed E-state index contributed by atoms with van der Waals surface area (Å²) in [7, 11) is 0. The van der Waals surface area contributed by atoms with E-state index in [-0.39, 0.29) is 5.82 Å². The number of aryl methyl sites for hydroxylation is 2. The van der Waals surface area contributed by atoms with Gasteiger partial charge in [0.15, 0.2) is 0 Å². The number of anilines is 1. The Kier molecular flexibility index (Phi) is 2.90. The minimum Gasteiger partial charge on any atom is -0.378 e. The molecular formula is C12H14FN3. The number of hydrogen-bond acceptors (Lipinski definition) is 2. The molecule has 84 valence electrons. The van der Waals surface area contributed by atoms with Crippen LogP contribution < -0.4 is 5.32 Å². The Labute approximate surface area is 93.7 Å². The molecule has 0 aliphatic heterocycles. The first-order valence-corrected chi connectivity index (χ1v) is 5.15. The van der Waals surface area contributed by atoms with Crippen molar-refractivity contribution in [3.8, 4) is 0 Å². The zero-order valence-electron chi connectivity index (χ0n) is 9.34. The minimum absolute atomic E-state index is 0.211. The molecule has 1 aromatic carbocycles. The number of imidazole rings is 1. The molecule has 0 saturated heterocycles. The minimum atomic E-state index is -0.211. The Hall–Kier alpha value is -1.84. The number of nitrogens with zero attached hydrogens (tertiary/aromatic N) is 1. The molecule has 0 fully saturated rings. The van der Waals surface area contributed by atoms with Crippen LogP contribution in [-0.2, 0) is 6.54 Å². The van der Waals surface area contributed by atoms with E-state index in [1.54, 1.807) is 12.3 Å². The lowest BCUT2D eigenvalue weighted by Crippen LogP contribution is -2.02. The van der Waals surface area contributed by atoms with E-state index in [0.717, 1.165) is 22.8 Å². The molecule has 2 rings (SSSR count). The number of halogens is 1. The van der Waals surface area contributed by atoms with Crippen LogP contribution in [0.5, 0.6) is 0 Å². The summed E-state index contributed by atoms with van der Waals surface area (Å²) in [6.45, 7) is 4.44. The molecule has 0 spiro atoms. The number of aromatic nitrogens is 2. The molecular weight excluding hydrogens is 205 g/mol. The number of rotatable bonds is 3. The summed E-state index contributed by atoms with van der Waals surface area (Å²) in [6, 6.07) is 4.69. The highest BCUT2D eigenvalue weighted by molar-refractivity contribution is 5.50. The lowest BCUT2D eigenvalue weighted by Gasteiger charge is -2.07. The van der Waals surface area contributed by atoms with Crippen molar-refractivity contribution < 1.29 is 4.39 Å². The van der Waals surface area contributed by atoms with Gasteiger partial charge < -0.3 is 10.3 Å². The maximum atomic E-state index is 12.9. The lowest BCUT2D eigenvalue weighted by atomic mass is 10.2. The summed E-state index contributed by atoms with van der Waals surface area (Å²) in [6.07, 6.45) is 1.79. The number of aromatic amines is 1. The largest absolute Gasteiger partial charge is 0.378 e. The van der Waals surface area contributed by atoms with Crippen LogP contribution in [0.2, 0.25) is 0 Å². The molecule has 0 amide bonds. The molecule has 2 N–H and O–H groups in total. The molecule has 0 aliphatic carbocycles. The average molecular weight is 219 g/mol. The Bertz CT molecular complexity index is 491. The maximum absolute atomic E-state index is 12.9. The first-order chi connectivity index (χ1) is 7.65. The smallest absolute Gasteiger partial charge is 0.125 e. The highest BCUT2D eigenvalue weighted by atomic mass is 19.1. The Balaban J connectivity index is 2.04. The van der Waals surface area contributed by atoms with Crippen molar-refractivity contribution in [2.24, 2.45) is 0 Å². The highest BCUT2D eigenvalue weighted by Crippen LogP contribution is 2.16. The predicted octanol–water partition coefficient (Wildman–Crippen LogP) is 2.78. The lowest BCUT2D eigenvalue weighted by molar-refractivity contribution is 0.627. The van der Waals surface area contributed by atoms with E-state index in [1.165, 1.54) is 12.1 Å². The summed E-state index contributed by atoms with van der Waals surface area (Å²) in [5.74, 6) is 0.665. The first kappa shape index (κ1) is 10.7. The molecule has 1 aromatic heterocycles. The van der Waals surface area contributed by atoms with Crippen LogP contribution in [0.15, 0.2) is 24.4 Å². The Morgan fingerprint density at radius 3 is 2.81 bits per heavy atom. The maximum Gasteiger partial charge on any atom is 0.125 e. The number of nitrogens with one attached hydrogen (secondary N) is 2. The van der Waals surface area contributed by atoms with E-state index >= 15 is 0 Å². The standard InChI is InChI=1S/C12H14FN3/c1-8-5-10(13)3-4-11(8)14-7-12-15-6-9(2)16-12/h3-6,14H,7H2,1-2H3,(H,15,16). The third-order valence-electron chi connectivity index (χ3n) is 2.39. The fourth-order valence-corrected chi connectivity index (χ4v) is 1.56. The Morgan fingerprint density at radius 1 is 1.38 bits per heavy atom. The molecule has 0 radical (unpaired) electrons. The molecule has 0 bridgehead atoms. The molecule has 0 atom stereocenters. The van der Waals surface area contributed by atoms with Gasteiger partial charge in [0.25, 0.3) is 0 Å². The average Bonchev–Trinajstić information content (AvgIpc) is 2.63. The van der Waals surface area contributed by atoms with Crippen molar-refractivity contribution in [3.63, 3.8) is 0 Å². The van der Waals surface area contributed by atoms with Crippen LogP contribution in [0.4, 0.5) is 10.1 Å². The third-order valence-corrected chi connectivity index (χ3v) is 2.39. The zero-order valence-corrected chi connectivity index (χ0v) is 9.34. The highest BCUT2D eigenvalue weighted by Gasteiger charge is 2.01. The fourth-order valence-electron chi connectivity index (χ4n) is 1.56. The van der Waals surface area contributed by atoms with Gasteiger partial charge in [-0.1, -0.05) is 0 Å². The summed E-state index contributed by atoms with van der Waals surface area (Å²) in [4.78, 5) is 7.32. The summed E-state index contributed by atoms with van der Waals surface area (Å²) in [5, 5.41) is 3.21. The molecule has 0 unspecified atom stereocenters. The molecule has 16 heavy (non-hydrogen) atoms. The van der Waals surface area contributed by atoms with Gasteiger partial charge in [-0.05, 0) is 37.6 Å². The quantitative estimate of drug-likeness (QED) is 0.833. The fraction of sp³-hybridized carbons (Fsp3) is 0.250. The summed E-state index contributed by atoms with van der Waals surface area (Å²) in [5.41, 5.74) is 2.85. The van der Waals surface area contributed by atoms with Crippen LogP contribution in [0.3, 0.4) is 0 Å². The predicted molar refractivity (Wildman–Crippen MR) is 61.8 cm³/mol. The first-order valence-electron chi connectivity index (χ1n) is 5.15. The van der Waals surface area contributed by atoms with E-state index in [2.05, 4.69) is 15.3 Å². The van der Waals surface area contributed by atoms with E-state index in [9.17, 15) is 4.39 Å². The van der Waals surface area contributed by atoms with Crippen LogP contribution >= 0.6 is 0 Å². The van der Waals surface area contributed by atoms with Crippen molar-refractivity contribution in [1.29, 1.82) is 0 Å². The van der Waals surface area contributed by atoms with Crippen LogP contribution in [0.25, 0.3) is 0 Å². The van der Waals surface area contributed by atoms with Crippen molar-refractivity contribution in [3.05, 3.63) is 47.3 Å². The van der Waals surface area contributed by atoms with E-state index < -0.39 is 0 Å². The van der Waals surface area contributed by atoms with Crippen LogP contribution in [0.1, 0.15) is 17.1 Å². The van der Waals surface area contributed by atoms with E-state index in [0.29, 0.717) is 6.54 Å². The number of hydrogen-bond donors (Lipinski definition) is 2. The van der Waals surface area contributed by atoms with Crippen LogP contribution in [0, 0.1) is 19.7 Å². The van der Waals surface area contributed by atoms with Gasteiger partial charge in [-0.3, -0.25) is 0 Å². The van der Waals surface area contributed by atoms with Gasteiger partial charge >= 0.3 is 0 Å². The van der Waals surface area contributed by atoms with Crippen molar-refractivity contribution >= 4 is 5.69 Å². The number of H-pyrrole nitrogens is 1. The summed E-state index contributed by atoms with van der Waals surface area (Å²) >= 11 is 0. The van der Waals surface area contributed by atoms with Gasteiger partial charge in [0.2, 0.25) is 0 Å². The molecule has 4 heteroatoms. The normalized spacial score (nSPS) is 10.4. The van der Waals surface area contributed by atoms with Gasteiger partial charge in [0.1, 0.15) is 11.6 Å². The van der Waals surface area contributed by atoms with Gasteiger partial charge in [0, 0.05) is 17.6 Å². The second kappa shape index (κ2) is 4.35. The van der Waals surface area contributed by atoms with Gasteiger partial charge in [-0.25, -0.2) is 9.37 Å². The summed E-state index contributed by atoms with van der Waals surface area (Å²) < 4.78 is 12.9. The molecule has 2 aromatic rings. The number of benzene rings is 1. The molecule has 0 saturated carbocycles. The van der Waals surface area contributed by atoms with Gasteiger partial charge in [-0.15, -0.1) is 0 Å². The van der Waals surface area contributed by atoms with E-state index in [4.69, 9.17) is 0 Å². The molecule has 3 nitrogen and oxygen atoms in total. The third kappa shape index (κ3) is 2.39. The second-order valence-electron chi connectivity index (χ2n) is 3.83. The zero-order chi connectivity index (χ0) is 11.5. The van der Waals surface area contributed by atoms with Crippen molar-refractivity contribution in [2.75, 3.05) is 5.32 Å². The SMILES string of the molecule is Cc1cnc(CNc2ccc(F)cc2C)[nH]1. The monoisotopic (exact) mass is 219 g/mol. The second-order valence-corrected chi connectivity index (χ2v) is 3.83. The van der Waals surface area contributed by atoms with Gasteiger partial charge in [-0.2, -0.15) is 0 Å². The van der Waals surface area contributed by atoms with Crippen molar-refractivity contribution in [1.82, 2.24) is 9.97 Å². The Morgan fingerprint density at radius 2 is 2.19 bits per heavy atom. The topological polar surface area (TPSA) is 40.7 Å². The van der Waals surface area contributed by atoms with E-state index in [1.807, 2.05) is 13.8 Å². The molecule has 0 aliphatic rings. The van der Waals surface area contributed by atoms with Gasteiger partial charge in [0.05, 0.1) is 6.54 Å².